The quantitative estimate of drug-likeness (QED) is 0.943. The minimum atomic E-state index is -0.433. The average molecular weight is 288 g/mol. The van der Waals surface area contributed by atoms with Crippen molar-refractivity contribution in [1.29, 1.82) is 0 Å². The number of rotatable bonds is 3. The van der Waals surface area contributed by atoms with E-state index < -0.39 is 5.82 Å². The fraction of sp³-hybridized carbons (Fsp3) is 0.111. The van der Waals surface area contributed by atoms with E-state index in [0.29, 0.717) is 12.5 Å². The predicted molar refractivity (Wildman–Crippen MR) is 61.3 cm³/mol. The number of hydrogen-bond acceptors (Lipinski definition) is 4. The molecule has 0 aromatic carbocycles. The number of hydrogen-bond donors (Lipinski definition) is 1. The summed E-state index contributed by atoms with van der Waals surface area (Å²) in [5, 5.41) is 5.00. The first kappa shape index (κ1) is 10.5. The van der Waals surface area contributed by atoms with Crippen molar-refractivity contribution in [3.05, 3.63) is 39.0 Å². The molecule has 0 saturated heterocycles. The summed E-state index contributed by atoms with van der Waals surface area (Å²) in [6.07, 6.45) is 2.28. The van der Waals surface area contributed by atoms with Crippen LogP contribution < -0.4 is 5.32 Å². The summed E-state index contributed by atoms with van der Waals surface area (Å²) in [4.78, 5) is 8.75. The van der Waals surface area contributed by atoms with Crippen LogP contribution in [0.5, 0.6) is 0 Å². The van der Waals surface area contributed by atoms with Crippen molar-refractivity contribution in [3.63, 3.8) is 0 Å². The number of thiophene rings is 1. The molecule has 2 rings (SSSR count). The highest BCUT2D eigenvalue weighted by atomic mass is 79.9. The lowest BCUT2D eigenvalue weighted by Gasteiger charge is -2.02. The fourth-order valence-corrected chi connectivity index (χ4v) is 2.45. The normalized spacial score (nSPS) is 10.3. The van der Waals surface area contributed by atoms with E-state index >= 15 is 0 Å². The molecule has 2 aromatic rings. The highest BCUT2D eigenvalue weighted by Gasteiger charge is 2.02. The predicted octanol–water partition coefficient (Wildman–Crippen LogP) is 3.05. The Morgan fingerprint density at radius 1 is 1.40 bits per heavy atom. The van der Waals surface area contributed by atoms with Crippen LogP contribution in [0.2, 0.25) is 0 Å². The van der Waals surface area contributed by atoms with Gasteiger partial charge in [0.25, 0.3) is 0 Å². The van der Waals surface area contributed by atoms with Gasteiger partial charge < -0.3 is 5.32 Å². The van der Waals surface area contributed by atoms with E-state index in [4.69, 9.17) is 0 Å². The molecule has 0 spiro atoms. The van der Waals surface area contributed by atoms with Crippen molar-refractivity contribution in [2.75, 3.05) is 5.32 Å². The molecule has 0 amide bonds. The molecule has 15 heavy (non-hydrogen) atoms. The summed E-state index contributed by atoms with van der Waals surface area (Å²) in [5.74, 6) is -0.00504. The molecule has 0 fully saturated rings. The molecule has 6 heteroatoms. The van der Waals surface area contributed by atoms with Crippen LogP contribution in [0.25, 0.3) is 0 Å². The Hall–Kier alpha value is -1.01. The molecule has 0 aliphatic carbocycles. The zero-order chi connectivity index (χ0) is 10.7. The van der Waals surface area contributed by atoms with Crippen molar-refractivity contribution in [3.8, 4) is 0 Å². The molecule has 0 atom stereocenters. The number of anilines is 1. The molecule has 0 aliphatic heterocycles. The van der Waals surface area contributed by atoms with Crippen molar-refractivity contribution in [1.82, 2.24) is 9.97 Å². The molecule has 2 heterocycles. The summed E-state index contributed by atoms with van der Waals surface area (Å²) in [5.41, 5.74) is 0. The molecule has 3 nitrogen and oxygen atoms in total. The third kappa shape index (κ3) is 2.73. The molecule has 1 N–H and O–H groups in total. The van der Waals surface area contributed by atoms with Crippen LogP contribution in [0.4, 0.5) is 10.3 Å². The van der Waals surface area contributed by atoms with E-state index in [2.05, 4.69) is 31.2 Å². The Morgan fingerprint density at radius 2 is 2.13 bits per heavy atom. The summed E-state index contributed by atoms with van der Waals surface area (Å²) in [6.45, 7) is 0.629. The zero-order valence-electron chi connectivity index (χ0n) is 7.58. The molecule has 2 aromatic heterocycles. The highest BCUT2D eigenvalue weighted by molar-refractivity contribution is 9.10. The summed E-state index contributed by atoms with van der Waals surface area (Å²) >= 11 is 5.05. The van der Waals surface area contributed by atoms with Crippen LogP contribution in [-0.2, 0) is 6.54 Å². The molecule has 0 aliphatic rings. The van der Waals surface area contributed by atoms with Gasteiger partial charge in [-0.3, -0.25) is 0 Å². The van der Waals surface area contributed by atoms with E-state index in [9.17, 15) is 4.39 Å². The SMILES string of the molecule is Fc1cnc(NCc2sccc2Br)nc1. The largest absolute Gasteiger partial charge is 0.349 e. The van der Waals surface area contributed by atoms with Gasteiger partial charge in [-0.25, -0.2) is 14.4 Å². The second-order valence-electron chi connectivity index (χ2n) is 2.77. The van der Waals surface area contributed by atoms with Crippen LogP contribution >= 0.6 is 27.3 Å². The van der Waals surface area contributed by atoms with Gasteiger partial charge in [0.05, 0.1) is 18.9 Å². The number of nitrogens with zero attached hydrogens (tertiary/aromatic N) is 2. The summed E-state index contributed by atoms with van der Waals surface area (Å²) in [7, 11) is 0. The average Bonchev–Trinajstić information content (AvgIpc) is 2.63. The Morgan fingerprint density at radius 3 is 2.73 bits per heavy atom. The Bertz CT molecular complexity index is 443. The molecule has 0 bridgehead atoms. The van der Waals surface area contributed by atoms with Crippen molar-refractivity contribution in [2.24, 2.45) is 0 Å². The van der Waals surface area contributed by atoms with Crippen molar-refractivity contribution >= 4 is 33.2 Å². The van der Waals surface area contributed by atoms with Crippen molar-refractivity contribution in [2.45, 2.75) is 6.54 Å². The first-order chi connectivity index (χ1) is 7.25. The van der Waals surface area contributed by atoms with Crippen LogP contribution in [-0.4, -0.2) is 9.97 Å². The summed E-state index contributed by atoms with van der Waals surface area (Å²) < 4.78 is 13.6. The topological polar surface area (TPSA) is 37.8 Å². The molecular formula is C9H7BrFN3S. The monoisotopic (exact) mass is 287 g/mol. The second-order valence-corrected chi connectivity index (χ2v) is 4.63. The van der Waals surface area contributed by atoms with Gasteiger partial charge in [0.1, 0.15) is 0 Å². The molecule has 0 unspecified atom stereocenters. The maximum Gasteiger partial charge on any atom is 0.223 e. The van der Waals surface area contributed by atoms with Gasteiger partial charge in [-0.05, 0) is 27.4 Å². The van der Waals surface area contributed by atoms with E-state index in [1.54, 1.807) is 11.3 Å². The van der Waals surface area contributed by atoms with Gasteiger partial charge in [-0.15, -0.1) is 11.3 Å². The maximum atomic E-state index is 12.5. The number of nitrogens with one attached hydrogen (secondary N) is 1. The van der Waals surface area contributed by atoms with Gasteiger partial charge in [0, 0.05) is 9.35 Å². The van der Waals surface area contributed by atoms with Crippen LogP contribution in [0.15, 0.2) is 28.3 Å². The van der Waals surface area contributed by atoms with Gasteiger partial charge in [0.2, 0.25) is 5.95 Å². The Kier molecular flexibility index (Phi) is 3.27. The smallest absolute Gasteiger partial charge is 0.223 e. The minimum Gasteiger partial charge on any atom is -0.349 e. The van der Waals surface area contributed by atoms with E-state index in [1.165, 1.54) is 0 Å². The third-order valence-electron chi connectivity index (χ3n) is 1.72. The van der Waals surface area contributed by atoms with Crippen LogP contribution in [0.1, 0.15) is 4.88 Å². The number of aromatic nitrogens is 2. The third-order valence-corrected chi connectivity index (χ3v) is 3.64. The first-order valence-electron chi connectivity index (χ1n) is 4.19. The van der Waals surface area contributed by atoms with E-state index in [-0.39, 0.29) is 0 Å². The first-order valence-corrected chi connectivity index (χ1v) is 5.86. The molecule has 0 saturated carbocycles. The van der Waals surface area contributed by atoms with Gasteiger partial charge in [-0.2, -0.15) is 0 Å². The Balaban J connectivity index is 1.99. The molecular weight excluding hydrogens is 281 g/mol. The van der Waals surface area contributed by atoms with E-state index in [1.807, 2.05) is 11.4 Å². The van der Waals surface area contributed by atoms with Gasteiger partial charge in [-0.1, -0.05) is 0 Å². The minimum absolute atomic E-state index is 0.428. The lowest BCUT2D eigenvalue weighted by Crippen LogP contribution is -2.02. The lowest BCUT2D eigenvalue weighted by molar-refractivity contribution is 0.614. The molecule has 0 radical (unpaired) electrons. The van der Waals surface area contributed by atoms with E-state index in [0.717, 1.165) is 21.7 Å². The zero-order valence-corrected chi connectivity index (χ0v) is 9.98. The molecule has 78 valence electrons. The standard InChI is InChI=1S/C9H7BrFN3S/c10-7-1-2-15-8(7)5-14-9-12-3-6(11)4-13-9/h1-4H,5H2,(H,12,13,14). The van der Waals surface area contributed by atoms with Crippen molar-refractivity contribution < 1.29 is 4.39 Å². The summed E-state index contributed by atoms with van der Waals surface area (Å²) in [6, 6.07) is 1.98. The Labute approximate surface area is 98.5 Å². The van der Waals surface area contributed by atoms with Gasteiger partial charge >= 0.3 is 0 Å². The van der Waals surface area contributed by atoms with Crippen LogP contribution in [0, 0.1) is 5.82 Å². The maximum absolute atomic E-state index is 12.5. The van der Waals surface area contributed by atoms with Crippen LogP contribution in [0.3, 0.4) is 0 Å². The number of halogens is 2. The van der Waals surface area contributed by atoms with Gasteiger partial charge in [0.15, 0.2) is 5.82 Å². The fourth-order valence-electron chi connectivity index (χ4n) is 1.01. The highest BCUT2D eigenvalue weighted by Crippen LogP contribution is 2.22. The lowest BCUT2D eigenvalue weighted by atomic mass is 10.5. The second kappa shape index (κ2) is 4.67.